The van der Waals surface area contributed by atoms with Gasteiger partial charge in [-0.05, 0) is 44.2 Å². The maximum absolute atomic E-state index is 13.1. The van der Waals surface area contributed by atoms with Crippen molar-refractivity contribution >= 4 is 10.0 Å². The molecule has 3 rings (SSSR count). The Hall–Kier alpha value is -1.09. The number of hydrogen-bond donors (Lipinski definition) is 3. The molecule has 0 aliphatic rings. The number of sulfonamides is 1. The van der Waals surface area contributed by atoms with Gasteiger partial charge in [-0.15, -0.1) is 0 Å². The molecule has 4 N–H and O–H groups in total. The van der Waals surface area contributed by atoms with E-state index in [9.17, 15) is 21.6 Å². The van der Waals surface area contributed by atoms with Crippen molar-refractivity contribution in [1.82, 2.24) is 9.78 Å². The number of aliphatic hydroxyl groups excluding tert-OH is 2. The Morgan fingerprint density at radius 2 is 1.62 bits per heavy atom. The molecule has 0 saturated heterocycles. The monoisotopic (exact) mass is 497 g/mol. The van der Waals surface area contributed by atoms with Crippen LogP contribution >= 0.6 is 0 Å². The standard InChI is InChI=1S/C17H14F3N3O2S.C3H8O2.K.H/c1-11-2-4-12(5-3-11)15-10-16(17(18,19)20)22-23(15)13-6-8-14(9-7-13)26(21,24)25;1-3(5)2-4;;/h2-10H,1H3,(H2,21,24,25);3-5H,2H2,1H3;;/q;;+1;-1. The summed E-state index contributed by atoms with van der Waals surface area (Å²) in [7, 11) is -3.90. The second-order valence-corrected chi connectivity index (χ2v) is 8.32. The second-order valence-electron chi connectivity index (χ2n) is 6.76. The maximum Gasteiger partial charge on any atom is 1.00 e. The predicted octanol–water partition coefficient (Wildman–Crippen LogP) is -0.0101. The summed E-state index contributed by atoms with van der Waals surface area (Å²) in [5.41, 5.74) is 0.996. The Morgan fingerprint density at radius 1 is 1.12 bits per heavy atom. The predicted molar refractivity (Wildman–Crippen MR) is 110 cm³/mol. The Balaban J connectivity index is 0.00000133. The van der Waals surface area contributed by atoms with E-state index in [0.29, 0.717) is 5.56 Å². The number of alkyl halides is 3. The number of primary sulfonamides is 1. The van der Waals surface area contributed by atoms with Crippen LogP contribution < -0.4 is 56.5 Å². The zero-order chi connectivity index (χ0) is 23.4. The van der Waals surface area contributed by atoms with E-state index in [1.165, 1.54) is 31.2 Å². The molecule has 0 aliphatic carbocycles. The molecule has 7 nitrogen and oxygen atoms in total. The molecule has 1 aromatic heterocycles. The van der Waals surface area contributed by atoms with Crippen molar-refractivity contribution in [2.45, 2.75) is 31.0 Å². The molecule has 32 heavy (non-hydrogen) atoms. The molecule has 0 bridgehead atoms. The van der Waals surface area contributed by atoms with Crippen LogP contribution in [0.3, 0.4) is 0 Å². The number of nitrogens with zero attached hydrogens (tertiary/aromatic N) is 2. The first kappa shape index (κ1) is 28.9. The fourth-order valence-corrected chi connectivity index (χ4v) is 2.94. The number of hydrogen-bond acceptors (Lipinski definition) is 5. The van der Waals surface area contributed by atoms with Crippen molar-refractivity contribution in [3.8, 4) is 16.9 Å². The van der Waals surface area contributed by atoms with Gasteiger partial charge in [-0.3, -0.25) is 0 Å². The number of rotatable bonds is 4. The summed E-state index contributed by atoms with van der Waals surface area (Å²) in [6, 6.07) is 13.1. The van der Waals surface area contributed by atoms with Crippen LogP contribution in [-0.2, 0) is 16.2 Å². The topological polar surface area (TPSA) is 118 Å². The van der Waals surface area contributed by atoms with E-state index < -0.39 is 28.0 Å². The van der Waals surface area contributed by atoms with Gasteiger partial charge < -0.3 is 11.6 Å². The van der Waals surface area contributed by atoms with E-state index >= 15 is 0 Å². The van der Waals surface area contributed by atoms with E-state index in [1.807, 2.05) is 6.92 Å². The van der Waals surface area contributed by atoms with Crippen LogP contribution in [0.1, 0.15) is 19.6 Å². The Morgan fingerprint density at radius 3 is 2.03 bits per heavy atom. The number of aryl methyl sites for hydroxylation is 1. The summed E-state index contributed by atoms with van der Waals surface area (Å²) < 4.78 is 63.2. The number of aromatic nitrogens is 2. The van der Waals surface area contributed by atoms with Gasteiger partial charge in [-0.1, -0.05) is 29.8 Å². The Kier molecular flexibility index (Phi) is 10.7. The van der Waals surface area contributed by atoms with Gasteiger partial charge in [0.1, 0.15) is 0 Å². The molecule has 0 amide bonds. The Bertz CT molecular complexity index is 1120. The third-order valence-corrected chi connectivity index (χ3v) is 4.95. The normalized spacial score (nSPS) is 12.4. The van der Waals surface area contributed by atoms with Gasteiger partial charge in [0.2, 0.25) is 10.0 Å². The van der Waals surface area contributed by atoms with Crippen molar-refractivity contribution in [3.63, 3.8) is 0 Å². The van der Waals surface area contributed by atoms with Gasteiger partial charge >= 0.3 is 57.6 Å². The number of halogens is 3. The van der Waals surface area contributed by atoms with Crippen molar-refractivity contribution in [2.24, 2.45) is 5.14 Å². The minimum atomic E-state index is -4.61. The minimum Gasteiger partial charge on any atom is -1.00 e. The molecule has 2 aromatic carbocycles. The maximum atomic E-state index is 13.1. The largest absolute Gasteiger partial charge is 1.00 e. The molecule has 0 fully saturated rings. The summed E-state index contributed by atoms with van der Waals surface area (Å²) >= 11 is 0. The number of aliphatic hydroxyl groups is 2. The van der Waals surface area contributed by atoms with Crippen molar-refractivity contribution in [2.75, 3.05) is 6.61 Å². The average Bonchev–Trinajstić information content (AvgIpc) is 3.14. The smallest absolute Gasteiger partial charge is 1.00 e. The van der Waals surface area contributed by atoms with Crippen molar-refractivity contribution in [3.05, 3.63) is 65.9 Å². The van der Waals surface area contributed by atoms with Crippen LogP contribution in [0, 0.1) is 6.92 Å². The van der Waals surface area contributed by atoms with E-state index in [1.54, 1.807) is 24.3 Å². The first-order valence-corrected chi connectivity index (χ1v) is 10.5. The molecule has 0 radical (unpaired) electrons. The Labute approximate surface area is 228 Å². The van der Waals surface area contributed by atoms with E-state index in [-0.39, 0.29) is 75.7 Å². The molecule has 0 aliphatic heterocycles. The van der Waals surface area contributed by atoms with Crippen molar-refractivity contribution in [1.29, 1.82) is 0 Å². The van der Waals surface area contributed by atoms with Crippen LogP contribution in [0.2, 0.25) is 0 Å². The summed E-state index contributed by atoms with van der Waals surface area (Å²) in [5.74, 6) is 0. The molecular weight excluding hydrogens is 474 g/mol. The number of benzene rings is 2. The van der Waals surface area contributed by atoms with E-state index in [2.05, 4.69) is 5.10 Å². The summed E-state index contributed by atoms with van der Waals surface area (Å²) in [6.45, 7) is 3.26. The molecule has 3 aromatic rings. The van der Waals surface area contributed by atoms with Gasteiger partial charge in [0, 0.05) is 5.56 Å². The first-order chi connectivity index (χ1) is 14.3. The second kappa shape index (κ2) is 11.9. The summed E-state index contributed by atoms with van der Waals surface area (Å²) in [5, 5.41) is 24.7. The fraction of sp³-hybridized carbons (Fsp3) is 0.250. The van der Waals surface area contributed by atoms with Gasteiger partial charge in [-0.25, -0.2) is 18.2 Å². The summed E-state index contributed by atoms with van der Waals surface area (Å²) in [4.78, 5) is -0.138. The molecule has 0 spiro atoms. The van der Waals surface area contributed by atoms with E-state index in [0.717, 1.165) is 16.3 Å². The zero-order valence-electron chi connectivity index (χ0n) is 18.7. The first-order valence-electron chi connectivity index (χ1n) is 8.99. The van der Waals surface area contributed by atoms with Crippen molar-refractivity contribution < 1.29 is 84.6 Å². The van der Waals surface area contributed by atoms with Crippen LogP contribution in [0.4, 0.5) is 13.2 Å². The minimum absolute atomic E-state index is 0. The average molecular weight is 498 g/mol. The number of nitrogens with two attached hydrogens (primary N) is 1. The molecule has 1 unspecified atom stereocenters. The fourth-order valence-electron chi connectivity index (χ4n) is 2.42. The SMILES string of the molecule is CC(O)CO.Cc1ccc(-c2cc(C(F)(F)F)nn2-c2ccc(S(N)(=O)=O)cc2)cc1.[H-].[K+]. The molecular formula is C20H23F3KN3O4S. The molecule has 1 atom stereocenters. The third kappa shape index (κ3) is 8.04. The zero-order valence-corrected chi connectivity index (χ0v) is 21.6. The molecule has 1 heterocycles. The van der Waals surface area contributed by atoms with Crippen LogP contribution in [-0.4, -0.2) is 41.1 Å². The molecule has 12 heteroatoms. The van der Waals surface area contributed by atoms with Crippen LogP contribution in [0.25, 0.3) is 16.9 Å². The van der Waals surface area contributed by atoms with Gasteiger partial charge in [0.15, 0.2) is 5.69 Å². The summed E-state index contributed by atoms with van der Waals surface area (Å²) in [6.07, 6.45) is -5.17. The van der Waals surface area contributed by atoms with Gasteiger partial charge in [0.05, 0.1) is 29.0 Å². The molecule has 170 valence electrons. The quantitative estimate of drug-likeness (QED) is 0.438. The van der Waals surface area contributed by atoms with Gasteiger partial charge in [-0.2, -0.15) is 18.3 Å². The van der Waals surface area contributed by atoms with Gasteiger partial charge in [0.25, 0.3) is 0 Å². The van der Waals surface area contributed by atoms with E-state index in [4.69, 9.17) is 15.4 Å². The van der Waals surface area contributed by atoms with Crippen LogP contribution in [0.5, 0.6) is 0 Å². The van der Waals surface area contributed by atoms with Crippen LogP contribution in [0.15, 0.2) is 59.5 Å². The molecule has 0 saturated carbocycles. The third-order valence-electron chi connectivity index (χ3n) is 4.02.